The zero-order chi connectivity index (χ0) is 21.6. The van der Waals surface area contributed by atoms with Gasteiger partial charge in [0.1, 0.15) is 0 Å². The minimum Gasteiger partial charge on any atom is -0.281 e. The lowest BCUT2D eigenvalue weighted by Crippen LogP contribution is -2.65. The predicted molar refractivity (Wildman–Crippen MR) is 49.7 cm³/mol. The van der Waals surface area contributed by atoms with Crippen LogP contribution in [-0.2, 0) is 10.1 Å². The van der Waals surface area contributed by atoms with E-state index in [-0.39, 0.29) is 0 Å². The molecular formula is C8H2F14O3S. The maximum atomic E-state index is 13.4. The van der Waals surface area contributed by atoms with Gasteiger partial charge in [0.15, 0.2) is 5.92 Å². The van der Waals surface area contributed by atoms with Gasteiger partial charge >= 0.3 is 50.9 Å². The molecule has 156 valence electrons. The second kappa shape index (κ2) is 5.05. The summed E-state index contributed by atoms with van der Waals surface area (Å²) in [6.45, 7) is 0. The highest BCUT2D eigenvalue weighted by Gasteiger charge is 3.00. The topological polar surface area (TPSA) is 54.4 Å². The average Bonchev–Trinajstić information content (AvgIpc) is 2.41. The summed E-state index contributed by atoms with van der Waals surface area (Å²) < 4.78 is 210. The van der Waals surface area contributed by atoms with Gasteiger partial charge in [0.25, 0.3) is 0 Å². The van der Waals surface area contributed by atoms with Gasteiger partial charge in [-0.2, -0.15) is 69.9 Å². The van der Waals surface area contributed by atoms with Crippen LogP contribution >= 0.6 is 0 Å². The first-order valence-corrected chi connectivity index (χ1v) is 6.92. The first-order valence-electron chi connectivity index (χ1n) is 5.48. The standard InChI is InChI=1S/C8H2F14O3S/c9-2(10)1(3(11,12)6(17,18)5(2,15)16)4(13,14)7(19,20)8(21,22)26(23,24)25/h1H,(H,23,24,25). The van der Waals surface area contributed by atoms with Crippen LogP contribution in [0.1, 0.15) is 0 Å². The summed E-state index contributed by atoms with van der Waals surface area (Å²) >= 11 is 0. The molecule has 0 heterocycles. The Bertz CT molecular complexity index is 669. The highest BCUT2D eigenvalue weighted by atomic mass is 32.2. The van der Waals surface area contributed by atoms with Crippen LogP contribution in [0.15, 0.2) is 0 Å². The molecule has 1 saturated carbocycles. The molecule has 0 unspecified atom stereocenters. The second-order valence-electron chi connectivity index (χ2n) is 5.02. The average molecular weight is 444 g/mol. The zero-order valence-electron chi connectivity index (χ0n) is 11.0. The van der Waals surface area contributed by atoms with Gasteiger partial charge in [-0.1, -0.05) is 0 Å². The van der Waals surface area contributed by atoms with E-state index < -0.39 is 56.8 Å². The smallest absolute Gasteiger partial charge is 0.281 e. The van der Waals surface area contributed by atoms with Gasteiger partial charge < -0.3 is 0 Å². The maximum absolute atomic E-state index is 13.4. The van der Waals surface area contributed by atoms with Crippen LogP contribution in [0.2, 0.25) is 0 Å². The molecule has 1 aliphatic rings. The van der Waals surface area contributed by atoms with Crippen molar-refractivity contribution in [3.63, 3.8) is 0 Å². The van der Waals surface area contributed by atoms with Crippen molar-refractivity contribution in [1.29, 1.82) is 0 Å². The van der Waals surface area contributed by atoms with E-state index >= 15 is 0 Å². The second-order valence-corrected chi connectivity index (χ2v) is 6.48. The fourth-order valence-corrected chi connectivity index (χ4v) is 2.46. The van der Waals surface area contributed by atoms with Crippen molar-refractivity contribution in [2.24, 2.45) is 5.92 Å². The molecule has 0 atom stereocenters. The fraction of sp³-hybridized carbons (Fsp3) is 1.00. The van der Waals surface area contributed by atoms with Gasteiger partial charge in [-0.15, -0.1) is 0 Å². The van der Waals surface area contributed by atoms with Gasteiger partial charge in [-0.05, 0) is 0 Å². The molecule has 1 N–H and O–H groups in total. The minimum atomic E-state index is -7.94. The number of rotatable bonds is 4. The van der Waals surface area contributed by atoms with E-state index in [2.05, 4.69) is 0 Å². The molecule has 0 aromatic heterocycles. The van der Waals surface area contributed by atoms with Crippen LogP contribution in [-0.4, -0.2) is 53.8 Å². The normalized spacial score (nSPS) is 26.1. The molecular weight excluding hydrogens is 442 g/mol. The monoisotopic (exact) mass is 444 g/mol. The molecule has 1 aliphatic carbocycles. The number of hydrogen-bond acceptors (Lipinski definition) is 2. The Morgan fingerprint density at radius 1 is 0.692 bits per heavy atom. The van der Waals surface area contributed by atoms with Crippen LogP contribution in [0.5, 0.6) is 0 Å². The van der Waals surface area contributed by atoms with E-state index in [1.165, 1.54) is 0 Å². The van der Waals surface area contributed by atoms with E-state index in [1.807, 2.05) is 0 Å². The van der Waals surface area contributed by atoms with Crippen LogP contribution < -0.4 is 0 Å². The molecule has 1 rings (SSSR count). The van der Waals surface area contributed by atoms with E-state index in [0.717, 1.165) is 0 Å². The molecule has 0 bridgehead atoms. The molecule has 3 nitrogen and oxygen atoms in total. The molecule has 0 amide bonds. The van der Waals surface area contributed by atoms with E-state index in [4.69, 9.17) is 4.55 Å². The SMILES string of the molecule is O=S(=O)(O)C(F)(F)C(F)(F)C(F)(F)C1C(F)(F)C(F)(F)C(F)(F)C1(F)F. The molecule has 0 radical (unpaired) electrons. The van der Waals surface area contributed by atoms with E-state index in [9.17, 15) is 69.9 Å². The Labute approximate surface area is 132 Å². The van der Waals surface area contributed by atoms with Crippen LogP contribution in [0, 0.1) is 5.92 Å². The van der Waals surface area contributed by atoms with Crippen LogP contribution in [0.25, 0.3) is 0 Å². The summed E-state index contributed by atoms with van der Waals surface area (Å²) in [5.41, 5.74) is 0. The lowest BCUT2D eigenvalue weighted by molar-refractivity contribution is -0.350. The largest absolute Gasteiger partial charge is 0.437 e. The quantitative estimate of drug-likeness (QED) is 0.529. The summed E-state index contributed by atoms with van der Waals surface area (Å²) in [4.78, 5) is 0. The minimum absolute atomic E-state index is 6.48. The molecule has 0 saturated heterocycles. The van der Waals surface area contributed by atoms with Crippen LogP contribution in [0.3, 0.4) is 0 Å². The number of hydrogen-bond donors (Lipinski definition) is 1. The van der Waals surface area contributed by atoms with Gasteiger partial charge in [0.2, 0.25) is 0 Å². The highest BCUT2D eigenvalue weighted by molar-refractivity contribution is 7.87. The molecule has 0 aromatic rings. The first-order chi connectivity index (χ1) is 10.9. The van der Waals surface area contributed by atoms with Crippen LogP contribution in [0.4, 0.5) is 61.5 Å². The third-order valence-corrected chi connectivity index (χ3v) is 4.33. The Balaban J connectivity index is 3.82. The van der Waals surface area contributed by atoms with E-state index in [1.54, 1.807) is 0 Å². The summed E-state index contributed by atoms with van der Waals surface area (Å²) in [6, 6.07) is 0. The number of alkyl halides is 14. The lowest BCUT2D eigenvalue weighted by atomic mass is 9.88. The zero-order valence-corrected chi connectivity index (χ0v) is 11.9. The van der Waals surface area contributed by atoms with Crippen molar-refractivity contribution in [2.75, 3.05) is 0 Å². The predicted octanol–water partition coefficient (Wildman–Crippen LogP) is 3.91. The Kier molecular flexibility index (Phi) is 4.46. The molecule has 26 heavy (non-hydrogen) atoms. The molecule has 0 spiro atoms. The molecule has 18 heteroatoms. The summed E-state index contributed by atoms with van der Waals surface area (Å²) in [7, 11) is -7.63. The third-order valence-electron chi connectivity index (χ3n) is 3.43. The Morgan fingerprint density at radius 3 is 1.19 bits per heavy atom. The lowest BCUT2D eigenvalue weighted by Gasteiger charge is -2.37. The first kappa shape index (κ1) is 23.0. The Hall–Kier alpha value is -1.07. The highest BCUT2D eigenvalue weighted by Crippen LogP contribution is 2.71. The van der Waals surface area contributed by atoms with Crippen molar-refractivity contribution >= 4 is 10.1 Å². The fourth-order valence-electron chi connectivity index (χ4n) is 2.00. The summed E-state index contributed by atoms with van der Waals surface area (Å²) in [5.74, 6) is -52.0. The van der Waals surface area contributed by atoms with Gasteiger partial charge in [-0.25, -0.2) is 0 Å². The van der Waals surface area contributed by atoms with Crippen molar-refractivity contribution in [2.45, 2.75) is 40.8 Å². The summed E-state index contributed by atoms with van der Waals surface area (Å²) in [5, 5.41) is -7.50. The van der Waals surface area contributed by atoms with Crippen molar-refractivity contribution in [1.82, 2.24) is 0 Å². The Morgan fingerprint density at radius 2 is 0.962 bits per heavy atom. The van der Waals surface area contributed by atoms with Gasteiger partial charge in [0.05, 0.1) is 0 Å². The third kappa shape index (κ3) is 2.19. The number of halogens is 14. The van der Waals surface area contributed by atoms with Gasteiger partial charge in [-0.3, -0.25) is 4.55 Å². The molecule has 1 fully saturated rings. The van der Waals surface area contributed by atoms with Crippen molar-refractivity contribution in [3.05, 3.63) is 0 Å². The molecule has 0 aromatic carbocycles. The van der Waals surface area contributed by atoms with Crippen molar-refractivity contribution in [3.8, 4) is 0 Å². The maximum Gasteiger partial charge on any atom is 0.437 e. The van der Waals surface area contributed by atoms with Gasteiger partial charge in [0, 0.05) is 0 Å². The summed E-state index contributed by atoms with van der Waals surface area (Å²) in [6.07, 6.45) is 0. The van der Waals surface area contributed by atoms with E-state index in [0.29, 0.717) is 0 Å². The molecule has 0 aliphatic heterocycles. The van der Waals surface area contributed by atoms with Crippen molar-refractivity contribution < 1.29 is 74.4 Å².